The van der Waals surface area contributed by atoms with Gasteiger partial charge in [0.2, 0.25) is 0 Å². The molecule has 19 heteroatoms. The molecule has 0 saturated carbocycles. The quantitative estimate of drug-likeness (QED) is 0.0222. The molecule has 0 rings (SSSR count). The average Bonchev–Trinajstić information content (AvgIpc) is 0.903. The van der Waals surface area contributed by atoms with E-state index in [2.05, 4.69) is 48.5 Å². The molecule has 0 aromatic heterocycles. The summed E-state index contributed by atoms with van der Waals surface area (Å²) in [7, 11) is -9.93. The lowest BCUT2D eigenvalue weighted by Crippen LogP contribution is -2.30. The first-order valence-electron chi connectivity index (χ1n) is 44.9. The van der Waals surface area contributed by atoms with Crippen LogP contribution in [0.25, 0.3) is 0 Å². The Morgan fingerprint density at radius 3 is 0.717 bits per heavy atom. The number of rotatable bonds is 85. The molecule has 0 amide bonds. The van der Waals surface area contributed by atoms with Crippen molar-refractivity contribution in [2.24, 2.45) is 17.8 Å². The first-order chi connectivity index (χ1) is 51.3. The zero-order valence-corrected chi connectivity index (χ0v) is 71.7. The van der Waals surface area contributed by atoms with E-state index in [1.165, 1.54) is 263 Å². The van der Waals surface area contributed by atoms with Crippen LogP contribution in [0, 0.1) is 17.8 Å². The molecule has 0 aromatic rings. The van der Waals surface area contributed by atoms with E-state index < -0.39 is 97.5 Å². The van der Waals surface area contributed by atoms with E-state index in [4.69, 9.17) is 37.0 Å². The molecule has 0 aromatic carbocycles. The van der Waals surface area contributed by atoms with Crippen molar-refractivity contribution in [3.63, 3.8) is 0 Å². The molecule has 630 valence electrons. The third-order valence-electron chi connectivity index (χ3n) is 20.7. The number of aliphatic hydroxyl groups is 1. The minimum absolute atomic E-state index is 0.107. The van der Waals surface area contributed by atoms with E-state index >= 15 is 0 Å². The first-order valence-corrected chi connectivity index (χ1v) is 47.9. The van der Waals surface area contributed by atoms with Gasteiger partial charge in [-0.2, -0.15) is 0 Å². The number of aliphatic hydroxyl groups excluding tert-OH is 1. The summed E-state index contributed by atoms with van der Waals surface area (Å²) in [6.07, 6.45) is 68.2. The van der Waals surface area contributed by atoms with Crippen molar-refractivity contribution in [2.45, 2.75) is 478 Å². The van der Waals surface area contributed by atoms with Gasteiger partial charge in [-0.1, -0.05) is 408 Å². The summed E-state index contributed by atoms with van der Waals surface area (Å²) in [5, 5.41) is 10.7. The fourth-order valence-corrected chi connectivity index (χ4v) is 15.1. The van der Waals surface area contributed by atoms with Crippen LogP contribution in [0.3, 0.4) is 0 Å². The Hall–Kier alpha value is -1.94. The van der Waals surface area contributed by atoms with Crippen molar-refractivity contribution < 1.29 is 80.2 Å². The van der Waals surface area contributed by atoms with E-state index in [-0.39, 0.29) is 25.7 Å². The predicted molar refractivity (Wildman–Crippen MR) is 437 cm³/mol. The van der Waals surface area contributed by atoms with E-state index in [1.54, 1.807) is 0 Å². The number of hydrogen-bond donors (Lipinski definition) is 3. The number of carbonyl (C=O) groups excluding carboxylic acids is 4. The van der Waals surface area contributed by atoms with Crippen LogP contribution in [0.1, 0.15) is 459 Å². The highest BCUT2D eigenvalue weighted by atomic mass is 31.2. The number of ether oxygens (including phenoxy) is 4. The monoisotopic (exact) mass is 1550 g/mol. The van der Waals surface area contributed by atoms with Crippen molar-refractivity contribution >= 4 is 39.5 Å². The number of esters is 4. The van der Waals surface area contributed by atoms with Gasteiger partial charge in [0.05, 0.1) is 26.4 Å². The van der Waals surface area contributed by atoms with Gasteiger partial charge in [-0.05, 0) is 43.4 Å². The molecule has 0 aliphatic carbocycles. The Morgan fingerprint density at radius 2 is 0.481 bits per heavy atom. The largest absolute Gasteiger partial charge is 0.472 e. The zero-order valence-electron chi connectivity index (χ0n) is 69.9. The molecular formula is C87H170O17P2. The second kappa shape index (κ2) is 77.0. The van der Waals surface area contributed by atoms with Crippen molar-refractivity contribution in [1.29, 1.82) is 0 Å². The Kier molecular flexibility index (Phi) is 75.6. The van der Waals surface area contributed by atoms with Crippen molar-refractivity contribution in [3.8, 4) is 0 Å². The molecule has 0 spiro atoms. The van der Waals surface area contributed by atoms with Crippen LogP contribution < -0.4 is 0 Å². The minimum Gasteiger partial charge on any atom is -0.462 e. The number of unbranched alkanes of at least 4 members (excludes halogenated alkanes) is 52. The van der Waals surface area contributed by atoms with Gasteiger partial charge in [0.15, 0.2) is 12.2 Å². The molecular weight excluding hydrogens is 1380 g/mol. The van der Waals surface area contributed by atoms with Gasteiger partial charge in [0, 0.05) is 25.7 Å². The van der Waals surface area contributed by atoms with E-state index in [0.29, 0.717) is 31.6 Å². The van der Waals surface area contributed by atoms with Gasteiger partial charge in [-0.3, -0.25) is 37.3 Å². The van der Waals surface area contributed by atoms with Gasteiger partial charge in [0.25, 0.3) is 0 Å². The van der Waals surface area contributed by atoms with Gasteiger partial charge >= 0.3 is 39.5 Å². The van der Waals surface area contributed by atoms with Crippen molar-refractivity contribution in [2.75, 3.05) is 39.6 Å². The molecule has 106 heavy (non-hydrogen) atoms. The van der Waals surface area contributed by atoms with Gasteiger partial charge in [-0.15, -0.1) is 0 Å². The van der Waals surface area contributed by atoms with Crippen LogP contribution in [-0.2, 0) is 65.4 Å². The van der Waals surface area contributed by atoms with Crippen molar-refractivity contribution in [1.82, 2.24) is 0 Å². The fraction of sp³-hybridized carbons (Fsp3) is 0.954. The predicted octanol–water partition coefficient (Wildman–Crippen LogP) is 26.5. The molecule has 6 atom stereocenters. The van der Waals surface area contributed by atoms with Crippen molar-refractivity contribution in [3.05, 3.63) is 0 Å². The van der Waals surface area contributed by atoms with Crippen LogP contribution in [0.4, 0.5) is 0 Å². The van der Waals surface area contributed by atoms with E-state index in [9.17, 15) is 43.2 Å². The summed E-state index contributed by atoms with van der Waals surface area (Å²) in [6.45, 7) is 12.0. The lowest BCUT2D eigenvalue weighted by atomic mass is 9.99. The average molecular weight is 1550 g/mol. The van der Waals surface area contributed by atoms with Gasteiger partial charge < -0.3 is 33.8 Å². The summed E-state index contributed by atoms with van der Waals surface area (Å²) in [4.78, 5) is 73.2. The number of phosphoric ester groups is 2. The van der Waals surface area contributed by atoms with Crippen LogP contribution in [0.15, 0.2) is 0 Å². The molecule has 0 aliphatic heterocycles. The minimum atomic E-state index is -4.97. The number of phosphoric acid groups is 2. The van der Waals surface area contributed by atoms with E-state index in [1.807, 2.05) is 0 Å². The highest BCUT2D eigenvalue weighted by Gasteiger charge is 2.31. The maximum Gasteiger partial charge on any atom is 0.472 e. The Balaban J connectivity index is 5.21. The molecule has 0 fully saturated rings. The second-order valence-corrected chi connectivity index (χ2v) is 35.4. The molecule has 3 unspecified atom stereocenters. The first kappa shape index (κ1) is 104. The SMILES string of the molecule is CCCCCCCCCCCCCCCCCCCCCCCC(=O)O[C@H](COC(=O)CCCCCCCCCCCCCCCCCC(C)C)COP(=O)(O)OC[C@@H](O)COP(=O)(O)OC[C@@H](COC(=O)CCCCCCCCC(C)C)OC(=O)CCCCCCCCCCCCCCCCC(C)CC. The van der Waals surface area contributed by atoms with Crippen LogP contribution in [0.5, 0.6) is 0 Å². The molecule has 0 bridgehead atoms. The second-order valence-electron chi connectivity index (χ2n) is 32.5. The lowest BCUT2D eigenvalue weighted by molar-refractivity contribution is -0.161. The third kappa shape index (κ3) is 78.7. The standard InChI is InChI=1S/C87H170O17P2/c1-8-10-11-12-13-14-15-16-17-18-19-20-21-22-25-32-37-42-47-56-63-70-86(91)103-82(74-97-84(89)68-61-54-46-41-36-31-26-23-24-29-34-39-44-51-58-65-78(3)4)76-101-105(93,94)99-72-81(88)73-100-106(95,96)102-77-83(75-98-85(90)69-62-55-50-49-52-59-66-79(5)6)104-87(92)71-64-57-48-43-38-33-28-27-30-35-40-45-53-60-67-80(7)9-2/h78-83,88H,8-77H2,1-7H3,(H,93,94)(H,95,96)/t80?,81-,82-,83-/m1/s1. The fourth-order valence-electron chi connectivity index (χ4n) is 13.5. The smallest absolute Gasteiger partial charge is 0.462 e. The normalized spacial score (nSPS) is 14.1. The molecule has 3 N–H and O–H groups in total. The van der Waals surface area contributed by atoms with E-state index in [0.717, 1.165) is 108 Å². The molecule has 0 radical (unpaired) electrons. The summed E-state index contributed by atoms with van der Waals surface area (Å²) in [5.41, 5.74) is 0. The molecule has 0 heterocycles. The maximum atomic E-state index is 13.1. The third-order valence-corrected chi connectivity index (χ3v) is 22.6. The highest BCUT2D eigenvalue weighted by molar-refractivity contribution is 7.47. The number of hydrogen-bond acceptors (Lipinski definition) is 15. The summed E-state index contributed by atoms with van der Waals surface area (Å²) >= 11 is 0. The van der Waals surface area contributed by atoms with Crippen LogP contribution >= 0.6 is 15.6 Å². The highest BCUT2D eigenvalue weighted by Crippen LogP contribution is 2.45. The zero-order chi connectivity index (χ0) is 77.9. The van der Waals surface area contributed by atoms with Gasteiger partial charge in [0.1, 0.15) is 19.3 Å². The topological polar surface area (TPSA) is 237 Å². The summed E-state index contributed by atoms with van der Waals surface area (Å²) in [5.74, 6) is 0.225. The lowest BCUT2D eigenvalue weighted by Gasteiger charge is -2.21. The molecule has 17 nitrogen and oxygen atoms in total. The summed E-state index contributed by atoms with van der Waals surface area (Å²) in [6, 6.07) is 0. The Bertz CT molecular complexity index is 2050. The molecule has 0 aliphatic rings. The van der Waals surface area contributed by atoms with Crippen LogP contribution in [0.2, 0.25) is 0 Å². The molecule has 0 saturated heterocycles. The Labute approximate surface area is 651 Å². The van der Waals surface area contributed by atoms with Crippen LogP contribution in [-0.4, -0.2) is 96.7 Å². The number of carbonyl (C=O) groups is 4. The van der Waals surface area contributed by atoms with Gasteiger partial charge in [-0.25, -0.2) is 9.13 Å². The maximum absolute atomic E-state index is 13.1. The Morgan fingerprint density at radius 1 is 0.274 bits per heavy atom. The summed E-state index contributed by atoms with van der Waals surface area (Å²) < 4.78 is 68.9.